The molecule has 3 heterocycles. The summed E-state index contributed by atoms with van der Waals surface area (Å²) in [6, 6.07) is 10.2. The lowest BCUT2D eigenvalue weighted by atomic mass is 10.0. The van der Waals surface area contributed by atoms with Crippen LogP contribution < -0.4 is 10.2 Å². The summed E-state index contributed by atoms with van der Waals surface area (Å²) >= 11 is 0. The number of ether oxygens (including phenoxy) is 1. The van der Waals surface area contributed by atoms with Crippen LogP contribution in [0.25, 0.3) is 0 Å². The molecule has 9 heteroatoms. The Morgan fingerprint density at radius 3 is 2.47 bits per heavy atom. The quantitative estimate of drug-likeness (QED) is 0.670. The van der Waals surface area contributed by atoms with Crippen molar-refractivity contribution in [3.8, 4) is 0 Å². The van der Waals surface area contributed by atoms with Crippen LogP contribution in [0.5, 0.6) is 0 Å². The Morgan fingerprint density at radius 1 is 1.12 bits per heavy atom. The average Bonchev–Trinajstić information content (AvgIpc) is 3.22. The van der Waals surface area contributed by atoms with Crippen molar-refractivity contribution in [2.45, 2.75) is 46.3 Å². The number of piperazine rings is 1. The zero-order valence-electron chi connectivity index (χ0n) is 20.4. The van der Waals surface area contributed by atoms with Gasteiger partial charge in [-0.1, -0.05) is 38.1 Å². The summed E-state index contributed by atoms with van der Waals surface area (Å²) in [7, 11) is 0. The van der Waals surface area contributed by atoms with Crippen molar-refractivity contribution in [2.24, 2.45) is 5.92 Å². The fourth-order valence-electron chi connectivity index (χ4n) is 4.41. The summed E-state index contributed by atoms with van der Waals surface area (Å²) in [6.07, 6.45) is 1.30. The molecule has 34 heavy (non-hydrogen) atoms. The van der Waals surface area contributed by atoms with E-state index < -0.39 is 0 Å². The lowest BCUT2D eigenvalue weighted by molar-refractivity contribution is -0.130. The van der Waals surface area contributed by atoms with Crippen molar-refractivity contribution >= 4 is 23.8 Å². The van der Waals surface area contributed by atoms with Gasteiger partial charge in [-0.25, -0.2) is 9.78 Å². The van der Waals surface area contributed by atoms with Crippen LogP contribution in [0.4, 0.5) is 16.6 Å². The van der Waals surface area contributed by atoms with Crippen molar-refractivity contribution < 1.29 is 14.3 Å². The predicted molar refractivity (Wildman–Crippen MR) is 130 cm³/mol. The Hall–Kier alpha value is -3.20. The standard InChI is InChI=1S/C25H34N6O3/c1-17(2)22-16-34-25(33)31(22)23-9-10-26-24(28-23)27-18(3)21-7-5-20(6-8-21)15-29-11-13-30(14-12-29)19(4)32/h5-10,17-18,22H,11-16H2,1-4H3,(H,26,27,28). The van der Waals surface area contributed by atoms with Gasteiger partial charge in [-0.15, -0.1) is 0 Å². The molecule has 2 fully saturated rings. The molecule has 0 bridgehead atoms. The summed E-state index contributed by atoms with van der Waals surface area (Å²) in [6.45, 7) is 12.5. The van der Waals surface area contributed by atoms with Crippen molar-refractivity contribution in [1.29, 1.82) is 0 Å². The van der Waals surface area contributed by atoms with E-state index in [0.717, 1.165) is 38.3 Å². The van der Waals surface area contributed by atoms with Gasteiger partial charge in [0.25, 0.3) is 0 Å². The van der Waals surface area contributed by atoms with Crippen LogP contribution in [0.2, 0.25) is 0 Å². The van der Waals surface area contributed by atoms with E-state index in [9.17, 15) is 9.59 Å². The van der Waals surface area contributed by atoms with Gasteiger partial charge in [0.1, 0.15) is 12.4 Å². The number of carbonyl (C=O) groups excluding carboxylic acids is 2. The molecular weight excluding hydrogens is 432 g/mol. The fraction of sp³-hybridized carbons (Fsp3) is 0.520. The van der Waals surface area contributed by atoms with Crippen LogP contribution in [-0.4, -0.2) is 70.6 Å². The Labute approximate surface area is 201 Å². The number of hydrogen-bond donors (Lipinski definition) is 1. The molecule has 2 atom stereocenters. The second-order valence-electron chi connectivity index (χ2n) is 9.39. The number of hydrogen-bond acceptors (Lipinski definition) is 7. The summed E-state index contributed by atoms with van der Waals surface area (Å²) in [4.78, 5) is 38.6. The largest absolute Gasteiger partial charge is 0.447 e. The molecule has 2 aromatic rings. The molecule has 0 spiro atoms. The number of benzene rings is 1. The predicted octanol–water partition coefficient (Wildman–Crippen LogP) is 3.30. The van der Waals surface area contributed by atoms with E-state index in [1.807, 2.05) is 4.90 Å². The van der Waals surface area contributed by atoms with E-state index >= 15 is 0 Å². The first-order chi connectivity index (χ1) is 16.3. The molecule has 2 saturated heterocycles. The van der Waals surface area contributed by atoms with Crippen molar-refractivity contribution in [3.63, 3.8) is 0 Å². The van der Waals surface area contributed by atoms with Crippen molar-refractivity contribution in [3.05, 3.63) is 47.7 Å². The van der Waals surface area contributed by atoms with E-state index in [2.05, 4.69) is 65.2 Å². The monoisotopic (exact) mass is 466 g/mol. The molecule has 2 unspecified atom stereocenters. The molecule has 182 valence electrons. The van der Waals surface area contributed by atoms with Crippen molar-refractivity contribution in [2.75, 3.05) is 43.0 Å². The number of amides is 2. The van der Waals surface area contributed by atoms with E-state index in [1.165, 1.54) is 5.56 Å². The SMILES string of the molecule is CC(=O)N1CCN(Cc2ccc(C(C)Nc3nccc(N4C(=O)OCC4C(C)C)n3)cc2)CC1. The molecule has 1 aromatic carbocycles. The van der Waals surface area contributed by atoms with Gasteiger partial charge in [-0.05, 0) is 30.0 Å². The number of aromatic nitrogens is 2. The smallest absolute Gasteiger partial charge is 0.415 e. The highest BCUT2D eigenvalue weighted by Crippen LogP contribution is 2.27. The Bertz CT molecular complexity index is 1000. The van der Waals surface area contributed by atoms with Crippen LogP contribution in [-0.2, 0) is 16.1 Å². The zero-order chi connectivity index (χ0) is 24.2. The molecule has 2 amide bonds. The zero-order valence-corrected chi connectivity index (χ0v) is 20.4. The molecule has 0 saturated carbocycles. The number of rotatable bonds is 7. The van der Waals surface area contributed by atoms with Crippen LogP contribution in [0.3, 0.4) is 0 Å². The van der Waals surface area contributed by atoms with E-state index in [4.69, 9.17) is 4.74 Å². The summed E-state index contributed by atoms with van der Waals surface area (Å²) in [5.41, 5.74) is 2.37. The normalized spacial score (nSPS) is 19.9. The minimum Gasteiger partial charge on any atom is -0.447 e. The number of anilines is 2. The van der Waals surface area contributed by atoms with Gasteiger partial charge in [-0.3, -0.25) is 14.6 Å². The third-order valence-electron chi connectivity index (χ3n) is 6.61. The first kappa shape index (κ1) is 23.9. The van der Waals surface area contributed by atoms with Crippen LogP contribution in [0.1, 0.15) is 44.9 Å². The molecule has 0 aliphatic carbocycles. The van der Waals surface area contributed by atoms with E-state index in [-0.39, 0.29) is 30.0 Å². The molecular formula is C25H34N6O3. The molecule has 1 aromatic heterocycles. The van der Waals surface area contributed by atoms with E-state index in [0.29, 0.717) is 18.4 Å². The molecule has 0 radical (unpaired) electrons. The Kier molecular flexibility index (Phi) is 7.31. The summed E-state index contributed by atoms with van der Waals surface area (Å²) in [5.74, 6) is 1.43. The lowest BCUT2D eigenvalue weighted by Gasteiger charge is -2.34. The molecule has 9 nitrogen and oxygen atoms in total. The molecule has 2 aliphatic rings. The lowest BCUT2D eigenvalue weighted by Crippen LogP contribution is -2.47. The first-order valence-electron chi connectivity index (χ1n) is 11.9. The van der Waals surface area contributed by atoms with Crippen LogP contribution >= 0.6 is 0 Å². The maximum atomic E-state index is 12.3. The minimum absolute atomic E-state index is 0.00478. The number of carbonyl (C=O) groups is 2. The Morgan fingerprint density at radius 2 is 1.82 bits per heavy atom. The highest BCUT2D eigenvalue weighted by molar-refractivity contribution is 5.89. The van der Waals surface area contributed by atoms with Crippen LogP contribution in [0, 0.1) is 5.92 Å². The third kappa shape index (κ3) is 5.47. The van der Waals surface area contributed by atoms with Gasteiger partial charge < -0.3 is 15.0 Å². The van der Waals surface area contributed by atoms with Gasteiger partial charge in [0.15, 0.2) is 0 Å². The number of cyclic esters (lactones) is 1. The van der Waals surface area contributed by atoms with Crippen molar-refractivity contribution in [1.82, 2.24) is 19.8 Å². The van der Waals surface area contributed by atoms with E-state index in [1.54, 1.807) is 24.1 Å². The Balaban J connectivity index is 1.36. The fourth-order valence-corrected chi connectivity index (χ4v) is 4.41. The summed E-state index contributed by atoms with van der Waals surface area (Å²) < 4.78 is 5.25. The number of nitrogens with one attached hydrogen (secondary N) is 1. The minimum atomic E-state index is -0.366. The van der Waals surface area contributed by atoms with Gasteiger partial charge in [-0.2, -0.15) is 4.98 Å². The average molecular weight is 467 g/mol. The van der Waals surface area contributed by atoms with Gasteiger partial charge in [0, 0.05) is 45.8 Å². The molecule has 2 aliphatic heterocycles. The molecule has 4 rings (SSSR count). The highest BCUT2D eigenvalue weighted by atomic mass is 16.6. The second-order valence-corrected chi connectivity index (χ2v) is 9.39. The van der Waals surface area contributed by atoms with Crippen LogP contribution in [0.15, 0.2) is 36.5 Å². The molecule has 1 N–H and O–H groups in total. The first-order valence-corrected chi connectivity index (χ1v) is 11.9. The maximum absolute atomic E-state index is 12.3. The maximum Gasteiger partial charge on any atom is 0.415 e. The highest BCUT2D eigenvalue weighted by Gasteiger charge is 2.37. The van der Waals surface area contributed by atoms with Gasteiger partial charge in [0.05, 0.1) is 12.1 Å². The summed E-state index contributed by atoms with van der Waals surface area (Å²) in [5, 5.41) is 3.35. The van der Waals surface area contributed by atoms with Gasteiger partial charge in [0.2, 0.25) is 11.9 Å². The van der Waals surface area contributed by atoms with Gasteiger partial charge >= 0.3 is 6.09 Å². The third-order valence-corrected chi connectivity index (χ3v) is 6.61. The number of nitrogens with zero attached hydrogens (tertiary/aromatic N) is 5. The second kappa shape index (κ2) is 10.4. The topological polar surface area (TPSA) is 90.9 Å².